The maximum atomic E-state index is 12.7. The van der Waals surface area contributed by atoms with Crippen LogP contribution >= 0.6 is 11.3 Å². The minimum Gasteiger partial charge on any atom is -0.454 e. The molecule has 2 aromatic rings. The van der Waals surface area contributed by atoms with Crippen LogP contribution in [0.25, 0.3) is 0 Å². The number of carbonyl (C=O) groups is 4. The Labute approximate surface area is 198 Å². The molecular formula is C25H30N2O5S. The van der Waals surface area contributed by atoms with Crippen LogP contribution in [0.3, 0.4) is 0 Å². The smallest absolute Gasteiger partial charge is 0.309 e. The van der Waals surface area contributed by atoms with Gasteiger partial charge in [-0.05, 0) is 55.5 Å². The molecular weight excluding hydrogens is 440 g/mol. The highest BCUT2D eigenvalue weighted by Crippen LogP contribution is 2.23. The number of rotatable bonds is 6. The molecule has 1 N–H and O–H groups in total. The lowest BCUT2D eigenvalue weighted by molar-refractivity contribution is -0.152. The van der Waals surface area contributed by atoms with Crippen molar-refractivity contribution in [2.24, 2.45) is 11.3 Å². The molecule has 1 atom stereocenters. The Bertz CT molecular complexity index is 1000. The van der Waals surface area contributed by atoms with Crippen molar-refractivity contribution in [3.63, 3.8) is 0 Å². The van der Waals surface area contributed by atoms with Gasteiger partial charge in [-0.15, -0.1) is 11.3 Å². The van der Waals surface area contributed by atoms with Crippen molar-refractivity contribution >= 4 is 40.6 Å². The van der Waals surface area contributed by atoms with Crippen LogP contribution in [0.15, 0.2) is 41.8 Å². The molecule has 0 radical (unpaired) electrons. The van der Waals surface area contributed by atoms with Crippen molar-refractivity contribution in [2.45, 2.75) is 46.6 Å². The number of carbonyl (C=O) groups excluding carboxylic acids is 4. The number of piperidine rings is 1. The van der Waals surface area contributed by atoms with Gasteiger partial charge in [0.2, 0.25) is 11.7 Å². The van der Waals surface area contributed by atoms with Crippen LogP contribution < -0.4 is 5.32 Å². The van der Waals surface area contributed by atoms with Crippen LogP contribution in [0.2, 0.25) is 0 Å². The van der Waals surface area contributed by atoms with Gasteiger partial charge in [0.15, 0.2) is 6.10 Å². The van der Waals surface area contributed by atoms with Crippen molar-refractivity contribution in [1.82, 2.24) is 4.90 Å². The Kier molecular flexibility index (Phi) is 7.68. The molecule has 1 saturated heterocycles. The zero-order valence-corrected chi connectivity index (χ0v) is 20.2. The number of thiophene rings is 1. The standard InChI is InChI=1S/C25H30N2O5S/c1-16(21(28)17-7-9-19(10-8-17)26-24(31)25(2,3)4)32-23(30)18-11-13-27(14-12-18)22(29)20-6-5-15-33-20/h5-10,15-16,18H,11-14H2,1-4H3,(H,26,31). The summed E-state index contributed by atoms with van der Waals surface area (Å²) in [6, 6.07) is 10.2. The van der Waals surface area contributed by atoms with Crippen molar-refractivity contribution in [1.29, 1.82) is 0 Å². The van der Waals surface area contributed by atoms with E-state index in [0.29, 0.717) is 42.1 Å². The number of esters is 1. The van der Waals surface area contributed by atoms with E-state index in [1.54, 1.807) is 42.2 Å². The number of nitrogens with zero attached hydrogens (tertiary/aromatic N) is 1. The lowest BCUT2D eigenvalue weighted by Gasteiger charge is -2.31. The van der Waals surface area contributed by atoms with Crippen molar-refractivity contribution < 1.29 is 23.9 Å². The third-order valence-electron chi connectivity index (χ3n) is 5.62. The van der Waals surface area contributed by atoms with Gasteiger partial charge in [0, 0.05) is 29.8 Å². The highest BCUT2D eigenvalue weighted by atomic mass is 32.1. The number of hydrogen-bond acceptors (Lipinski definition) is 6. The van der Waals surface area contributed by atoms with Gasteiger partial charge in [0.05, 0.1) is 10.8 Å². The van der Waals surface area contributed by atoms with Crippen LogP contribution in [0.4, 0.5) is 5.69 Å². The van der Waals surface area contributed by atoms with Gasteiger partial charge in [0.1, 0.15) is 0 Å². The first kappa shape index (κ1) is 24.6. The summed E-state index contributed by atoms with van der Waals surface area (Å²) in [6.45, 7) is 8.00. The summed E-state index contributed by atoms with van der Waals surface area (Å²) in [6.07, 6.45) is 0.108. The summed E-state index contributed by atoms with van der Waals surface area (Å²) in [5.74, 6) is -1.17. The normalized spacial score (nSPS) is 15.6. The van der Waals surface area contributed by atoms with Gasteiger partial charge in [-0.2, -0.15) is 0 Å². The number of benzene rings is 1. The van der Waals surface area contributed by atoms with Crippen LogP contribution in [0.5, 0.6) is 0 Å². The zero-order valence-electron chi connectivity index (χ0n) is 19.4. The first-order chi connectivity index (χ1) is 15.6. The van der Waals surface area contributed by atoms with E-state index in [4.69, 9.17) is 4.74 Å². The quantitative estimate of drug-likeness (QED) is 0.499. The Morgan fingerprint density at radius 1 is 1.06 bits per heavy atom. The van der Waals surface area contributed by atoms with Crippen molar-refractivity contribution in [3.05, 3.63) is 52.2 Å². The van der Waals surface area contributed by atoms with Crippen LogP contribution in [0, 0.1) is 11.3 Å². The molecule has 3 rings (SSSR count). The molecule has 0 saturated carbocycles. The van der Waals surface area contributed by atoms with Crippen LogP contribution in [-0.4, -0.2) is 47.7 Å². The maximum Gasteiger partial charge on any atom is 0.309 e. The minimum atomic E-state index is -0.918. The van der Waals surface area contributed by atoms with Crippen molar-refractivity contribution in [2.75, 3.05) is 18.4 Å². The fourth-order valence-corrected chi connectivity index (χ4v) is 4.16. The molecule has 7 nitrogen and oxygen atoms in total. The second kappa shape index (κ2) is 10.3. The van der Waals surface area contributed by atoms with E-state index in [-0.39, 0.29) is 23.5 Å². The molecule has 0 bridgehead atoms. The van der Waals surface area contributed by atoms with Gasteiger partial charge in [-0.1, -0.05) is 26.8 Å². The molecule has 1 aromatic carbocycles. The van der Waals surface area contributed by atoms with E-state index in [9.17, 15) is 19.2 Å². The van der Waals surface area contributed by atoms with E-state index >= 15 is 0 Å². The van der Waals surface area contributed by atoms with E-state index in [0.717, 1.165) is 0 Å². The third-order valence-corrected chi connectivity index (χ3v) is 6.48. The molecule has 176 valence electrons. The molecule has 1 aliphatic heterocycles. The lowest BCUT2D eigenvalue weighted by atomic mass is 9.95. The first-order valence-electron chi connectivity index (χ1n) is 11.1. The predicted molar refractivity (Wildman–Crippen MR) is 127 cm³/mol. The molecule has 1 aromatic heterocycles. The molecule has 2 amide bonds. The van der Waals surface area contributed by atoms with E-state index < -0.39 is 17.5 Å². The van der Waals surface area contributed by atoms with Crippen LogP contribution in [-0.2, 0) is 14.3 Å². The van der Waals surface area contributed by atoms with Gasteiger partial charge in [0.25, 0.3) is 5.91 Å². The molecule has 2 heterocycles. The van der Waals surface area contributed by atoms with E-state index in [1.807, 2.05) is 32.2 Å². The Morgan fingerprint density at radius 3 is 2.24 bits per heavy atom. The topological polar surface area (TPSA) is 92.8 Å². The summed E-state index contributed by atoms with van der Waals surface area (Å²) < 4.78 is 5.45. The number of nitrogens with one attached hydrogen (secondary N) is 1. The average molecular weight is 471 g/mol. The highest BCUT2D eigenvalue weighted by Gasteiger charge is 2.31. The third kappa shape index (κ3) is 6.28. The number of ether oxygens (including phenoxy) is 1. The van der Waals surface area contributed by atoms with Crippen molar-refractivity contribution in [3.8, 4) is 0 Å². The summed E-state index contributed by atoms with van der Waals surface area (Å²) in [4.78, 5) is 52.3. The largest absolute Gasteiger partial charge is 0.454 e. The molecule has 1 unspecified atom stereocenters. The summed E-state index contributed by atoms with van der Waals surface area (Å²) in [7, 11) is 0. The Balaban J connectivity index is 1.50. The number of amides is 2. The number of anilines is 1. The molecule has 33 heavy (non-hydrogen) atoms. The predicted octanol–water partition coefficient (Wildman–Crippen LogP) is 4.40. The fourth-order valence-electron chi connectivity index (χ4n) is 3.47. The average Bonchev–Trinajstić information content (AvgIpc) is 3.33. The second-order valence-electron chi connectivity index (χ2n) is 9.27. The highest BCUT2D eigenvalue weighted by molar-refractivity contribution is 7.12. The molecule has 0 aliphatic carbocycles. The summed E-state index contributed by atoms with van der Waals surface area (Å²) >= 11 is 1.40. The number of hydrogen-bond donors (Lipinski definition) is 1. The molecule has 1 fully saturated rings. The molecule has 8 heteroatoms. The number of Topliss-reactive ketones (excluding diaryl/α,β-unsaturated/α-hetero) is 1. The fraction of sp³-hybridized carbons (Fsp3) is 0.440. The first-order valence-corrected chi connectivity index (χ1v) is 11.9. The summed E-state index contributed by atoms with van der Waals surface area (Å²) in [5.41, 5.74) is 0.477. The number of likely N-dealkylation sites (tertiary alicyclic amines) is 1. The van der Waals surface area contributed by atoms with Gasteiger partial charge < -0.3 is 15.0 Å². The Hall–Kier alpha value is -3.00. The second-order valence-corrected chi connectivity index (χ2v) is 10.2. The van der Waals surface area contributed by atoms with Gasteiger partial charge >= 0.3 is 5.97 Å². The lowest BCUT2D eigenvalue weighted by Crippen LogP contribution is -2.41. The SMILES string of the molecule is CC(OC(=O)C1CCN(C(=O)c2cccs2)CC1)C(=O)c1ccc(NC(=O)C(C)(C)C)cc1. The van der Waals surface area contributed by atoms with Gasteiger partial charge in [-0.3, -0.25) is 19.2 Å². The Morgan fingerprint density at radius 2 is 1.70 bits per heavy atom. The number of ketones is 1. The van der Waals surface area contributed by atoms with Crippen LogP contribution in [0.1, 0.15) is 60.6 Å². The van der Waals surface area contributed by atoms with Gasteiger partial charge in [-0.25, -0.2) is 0 Å². The summed E-state index contributed by atoms with van der Waals surface area (Å²) in [5, 5.41) is 4.68. The monoisotopic (exact) mass is 470 g/mol. The maximum absolute atomic E-state index is 12.7. The minimum absolute atomic E-state index is 0.0116. The molecule has 1 aliphatic rings. The van der Waals surface area contributed by atoms with E-state index in [1.165, 1.54) is 11.3 Å². The van der Waals surface area contributed by atoms with E-state index in [2.05, 4.69) is 5.32 Å². The molecule has 0 spiro atoms. The zero-order chi connectivity index (χ0) is 24.2.